The SMILES string of the molecule is Br.CCCC(N)C(=O)Nc1ccc([N+](=O)[O-])cc1. The van der Waals surface area contributed by atoms with E-state index in [2.05, 4.69) is 5.32 Å². The van der Waals surface area contributed by atoms with Crippen molar-refractivity contribution in [1.29, 1.82) is 0 Å². The molecule has 100 valence electrons. The first-order chi connectivity index (χ1) is 8.04. The van der Waals surface area contributed by atoms with Gasteiger partial charge in [-0.3, -0.25) is 14.9 Å². The molecule has 0 aliphatic heterocycles. The molecule has 1 unspecified atom stereocenters. The predicted molar refractivity (Wildman–Crippen MR) is 74.9 cm³/mol. The molecule has 1 rings (SSSR count). The van der Waals surface area contributed by atoms with Crippen molar-refractivity contribution in [3.63, 3.8) is 0 Å². The molecule has 0 spiro atoms. The highest BCUT2D eigenvalue weighted by Gasteiger charge is 2.12. The molecule has 18 heavy (non-hydrogen) atoms. The molecule has 6 nitrogen and oxygen atoms in total. The number of carbonyl (C=O) groups excluding carboxylic acids is 1. The number of carbonyl (C=O) groups is 1. The number of anilines is 1. The summed E-state index contributed by atoms with van der Waals surface area (Å²) in [6.07, 6.45) is 1.44. The Morgan fingerprint density at radius 2 is 2.00 bits per heavy atom. The van der Waals surface area contributed by atoms with E-state index >= 15 is 0 Å². The lowest BCUT2D eigenvalue weighted by atomic mass is 10.1. The molecular formula is C11H16BrN3O3. The zero-order valence-electron chi connectivity index (χ0n) is 9.96. The van der Waals surface area contributed by atoms with Gasteiger partial charge in [0.1, 0.15) is 0 Å². The average molecular weight is 318 g/mol. The number of rotatable bonds is 5. The number of hydrogen-bond acceptors (Lipinski definition) is 4. The quantitative estimate of drug-likeness (QED) is 0.642. The van der Waals surface area contributed by atoms with Gasteiger partial charge in [0.05, 0.1) is 11.0 Å². The number of amides is 1. The zero-order chi connectivity index (χ0) is 12.8. The van der Waals surface area contributed by atoms with Crippen LogP contribution in [-0.4, -0.2) is 16.9 Å². The van der Waals surface area contributed by atoms with E-state index in [9.17, 15) is 14.9 Å². The Morgan fingerprint density at radius 3 is 2.44 bits per heavy atom. The van der Waals surface area contributed by atoms with Crippen molar-refractivity contribution in [3.8, 4) is 0 Å². The summed E-state index contributed by atoms with van der Waals surface area (Å²) in [5.74, 6) is -0.277. The molecule has 1 aromatic carbocycles. The second-order valence-corrected chi connectivity index (χ2v) is 3.69. The van der Waals surface area contributed by atoms with Crippen molar-refractivity contribution < 1.29 is 9.72 Å². The van der Waals surface area contributed by atoms with E-state index < -0.39 is 11.0 Å². The van der Waals surface area contributed by atoms with Gasteiger partial charge in [0, 0.05) is 17.8 Å². The Kier molecular flexibility index (Phi) is 7.14. The van der Waals surface area contributed by atoms with Gasteiger partial charge in [-0.1, -0.05) is 13.3 Å². The van der Waals surface area contributed by atoms with E-state index in [4.69, 9.17) is 5.73 Å². The summed E-state index contributed by atoms with van der Waals surface area (Å²) in [7, 11) is 0. The van der Waals surface area contributed by atoms with Crippen molar-refractivity contribution in [1.82, 2.24) is 0 Å². The first-order valence-corrected chi connectivity index (χ1v) is 5.35. The predicted octanol–water partition coefficient (Wildman–Crippen LogP) is 2.24. The summed E-state index contributed by atoms with van der Waals surface area (Å²) in [5, 5.41) is 13.0. The first kappa shape index (κ1) is 16.5. The van der Waals surface area contributed by atoms with Gasteiger partial charge in [0.2, 0.25) is 5.91 Å². The zero-order valence-corrected chi connectivity index (χ0v) is 11.7. The molecule has 0 aliphatic rings. The standard InChI is InChI=1S/C11H15N3O3.BrH/c1-2-3-10(12)11(15)13-8-4-6-9(7-5-8)14(16)17;/h4-7,10H,2-3,12H2,1H3,(H,13,15);1H. The second-order valence-electron chi connectivity index (χ2n) is 3.69. The Balaban J connectivity index is 0.00000289. The number of halogens is 1. The minimum atomic E-state index is -0.546. The Morgan fingerprint density at radius 1 is 1.44 bits per heavy atom. The van der Waals surface area contributed by atoms with Gasteiger partial charge in [-0.15, -0.1) is 17.0 Å². The molecule has 0 radical (unpaired) electrons. The van der Waals surface area contributed by atoms with Gasteiger partial charge >= 0.3 is 0 Å². The van der Waals surface area contributed by atoms with Gasteiger partial charge in [0.15, 0.2) is 0 Å². The van der Waals surface area contributed by atoms with Crippen LogP contribution in [0.2, 0.25) is 0 Å². The monoisotopic (exact) mass is 317 g/mol. The molecule has 0 bridgehead atoms. The summed E-state index contributed by atoms with van der Waals surface area (Å²) < 4.78 is 0. The van der Waals surface area contributed by atoms with Crippen molar-refractivity contribution in [3.05, 3.63) is 34.4 Å². The molecular weight excluding hydrogens is 302 g/mol. The van der Waals surface area contributed by atoms with Crippen LogP contribution in [0.25, 0.3) is 0 Å². The summed E-state index contributed by atoms with van der Waals surface area (Å²) in [6.45, 7) is 1.94. The highest BCUT2D eigenvalue weighted by molar-refractivity contribution is 8.93. The number of nitrogens with zero attached hydrogens (tertiary/aromatic N) is 1. The third kappa shape index (κ3) is 4.80. The van der Waals surface area contributed by atoms with Gasteiger partial charge < -0.3 is 11.1 Å². The van der Waals surface area contributed by atoms with Crippen LogP contribution in [0.5, 0.6) is 0 Å². The highest BCUT2D eigenvalue weighted by atomic mass is 79.9. The largest absolute Gasteiger partial charge is 0.325 e. The molecule has 0 aromatic heterocycles. The van der Waals surface area contributed by atoms with Gasteiger partial charge in [0.25, 0.3) is 5.69 Å². The number of nitro benzene ring substituents is 1. The van der Waals surface area contributed by atoms with E-state index in [1.807, 2.05) is 6.92 Å². The minimum Gasteiger partial charge on any atom is -0.325 e. The highest BCUT2D eigenvalue weighted by Crippen LogP contribution is 2.15. The Labute approximate surface area is 115 Å². The van der Waals surface area contributed by atoms with Crippen molar-refractivity contribution >= 4 is 34.3 Å². The smallest absolute Gasteiger partial charge is 0.269 e. The molecule has 0 saturated carbocycles. The van der Waals surface area contributed by atoms with Crippen molar-refractivity contribution in [2.24, 2.45) is 5.73 Å². The summed E-state index contributed by atoms with van der Waals surface area (Å²) >= 11 is 0. The van der Waals surface area contributed by atoms with Crippen LogP contribution < -0.4 is 11.1 Å². The maximum Gasteiger partial charge on any atom is 0.269 e. The summed E-state index contributed by atoms with van der Waals surface area (Å²) in [6, 6.07) is 5.08. The van der Waals surface area contributed by atoms with Crippen LogP contribution >= 0.6 is 17.0 Å². The average Bonchev–Trinajstić information content (AvgIpc) is 2.30. The van der Waals surface area contributed by atoms with Crippen LogP contribution in [0.15, 0.2) is 24.3 Å². The number of nitro groups is 1. The van der Waals surface area contributed by atoms with E-state index in [0.29, 0.717) is 12.1 Å². The summed E-state index contributed by atoms with van der Waals surface area (Å²) in [4.78, 5) is 21.5. The lowest BCUT2D eigenvalue weighted by Gasteiger charge is -2.10. The molecule has 0 heterocycles. The van der Waals surface area contributed by atoms with Gasteiger partial charge in [-0.25, -0.2) is 0 Å². The maximum atomic E-state index is 11.6. The fourth-order valence-corrected chi connectivity index (χ4v) is 1.34. The number of nitrogens with one attached hydrogen (secondary N) is 1. The van der Waals surface area contributed by atoms with Crippen LogP contribution in [-0.2, 0) is 4.79 Å². The Hall–Kier alpha value is -1.47. The van der Waals surface area contributed by atoms with Crippen LogP contribution in [0.4, 0.5) is 11.4 Å². The number of nitrogens with two attached hydrogens (primary N) is 1. The second kappa shape index (κ2) is 7.78. The summed E-state index contributed by atoms with van der Waals surface area (Å²) in [5.41, 5.74) is 6.13. The van der Waals surface area contributed by atoms with Gasteiger partial charge in [-0.2, -0.15) is 0 Å². The molecule has 0 saturated heterocycles. The molecule has 1 amide bonds. The van der Waals surface area contributed by atoms with Crippen LogP contribution in [0.1, 0.15) is 19.8 Å². The van der Waals surface area contributed by atoms with E-state index in [1.54, 1.807) is 0 Å². The number of benzene rings is 1. The Bertz CT molecular complexity index is 408. The van der Waals surface area contributed by atoms with Crippen molar-refractivity contribution in [2.45, 2.75) is 25.8 Å². The van der Waals surface area contributed by atoms with E-state index in [0.717, 1.165) is 6.42 Å². The number of non-ortho nitro benzene ring substituents is 1. The third-order valence-corrected chi connectivity index (χ3v) is 2.28. The maximum absolute atomic E-state index is 11.6. The van der Waals surface area contributed by atoms with Crippen LogP contribution in [0.3, 0.4) is 0 Å². The normalized spacial score (nSPS) is 11.2. The molecule has 1 atom stereocenters. The fourth-order valence-electron chi connectivity index (χ4n) is 1.34. The first-order valence-electron chi connectivity index (χ1n) is 5.35. The molecule has 1 aromatic rings. The minimum absolute atomic E-state index is 0. The van der Waals surface area contributed by atoms with Gasteiger partial charge in [-0.05, 0) is 18.6 Å². The molecule has 0 fully saturated rings. The van der Waals surface area contributed by atoms with Crippen molar-refractivity contribution in [2.75, 3.05) is 5.32 Å². The molecule has 7 heteroatoms. The topological polar surface area (TPSA) is 98.3 Å². The lowest BCUT2D eigenvalue weighted by molar-refractivity contribution is -0.384. The number of hydrogen-bond donors (Lipinski definition) is 2. The molecule has 0 aliphatic carbocycles. The van der Waals surface area contributed by atoms with E-state index in [-0.39, 0.29) is 28.6 Å². The fraction of sp³-hybridized carbons (Fsp3) is 0.364. The molecule has 3 N–H and O–H groups in total. The van der Waals surface area contributed by atoms with Crippen LogP contribution in [0, 0.1) is 10.1 Å². The lowest BCUT2D eigenvalue weighted by Crippen LogP contribution is -2.35. The van der Waals surface area contributed by atoms with E-state index in [1.165, 1.54) is 24.3 Å². The third-order valence-electron chi connectivity index (χ3n) is 2.28.